The number of amides is 1. The van der Waals surface area contributed by atoms with E-state index in [4.69, 9.17) is 4.74 Å². The summed E-state index contributed by atoms with van der Waals surface area (Å²) < 4.78 is 5.84. The molecule has 5 heteroatoms. The number of hydrogen-bond acceptors (Lipinski definition) is 4. The predicted molar refractivity (Wildman–Crippen MR) is 87.5 cm³/mol. The Morgan fingerprint density at radius 2 is 1.87 bits per heavy atom. The van der Waals surface area contributed by atoms with Gasteiger partial charge in [0.2, 0.25) is 5.88 Å². The maximum absolute atomic E-state index is 12.6. The number of likely N-dealkylation sites (tertiary alicyclic amines) is 1. The summed E-state index contributed by atoms with van der Waals surface area (Å²) in [6.07, 6.45) is 4.89. The minimum atomic E-state index is 0.105. The van der Waals surface area contributed by atoms with E-state index in [1.165, 1.54) is 6.33 Å². The topological polar surface area (TPSA) is 55.3 Å². The number of nitrogens with zero attached hydrogens (tertiary/aromatic N) is 3. The number of rotatable bonds is 3. The zero-order chi connectivity index (χ0) is 16.2. The van der Waals surface area contributed by atoms with Crippen molar-refractivity contribution in [2.75, 3.05) is 13.1 Å². The molecule has 0 bridgehead atoms. The Hall–Kier alpha value is -2.43. The van der Waals surface area contributed by atoms with Gasteiger partial charge < -0.3 is 9.64 Å². The minimum absolute atomic E-state index is 0.105. The molecule has 1 aromatic heterocycles. The van der Waals surface area contributed by atoms with Crippen molar-refractivity contribution in [1.82, 2.24) is 14.9 Å². The van der Waals surface area contributed by atoms with Gasteiger partial charge in [-0.25, -0.2) is 9.97 Å². The van der Waals surface area contributed by atoms with E-state index in [-0.39, 0.29) is 12.0 Å². The van der Waals surface area contributed by atoms with Gasteiger partial charge in [-0.15, -0.1) is 0 Å². The van der Waals surface area contributed by atoms with Crippen LogP contribution in [0.3, 0.4) is 0 Å². The lowest BCUT2D eigenvalue weighted by Gasteiger charge is -2.32. The van der Waals surface area contributed by atoms with Crippen LogP contribution in [0.5, 0.6) is 5.88 Å². The molecule has 23 heavy (non-hydrogen) atoms. The number of hydrogen-bond donors (Lipinski definition) is 0. The fourth-order valence-electron chi connectivity index (χ4n) is 2.98. The molecule has 0 unspecified atom stereocenters. The summed E-state index contributed by atoms with van der Waals surface area (Å²) in [5, 5.41) is 0. The van der Waals surface area contributed by atoms with Gasteiger partial charge in [0.05, 0.1) is 0 Å². The van der Waals surface area contributed by atoms with Gasteiger partial charge >= 0.3 is 0 Å². The lowest BCUT2D eigenvalue weighted by Crippen LogP contribution is -2.41. The summed E-state index contributed by atoms with van der Waals surface area (Å²) in [6.45, 7) is 5.46. The van der Waals surface area contributed by atoms with Gasteiger partial charge in [-0.1, -0.05) is 17.2 Å². The van der Waals surface area contributed by atoms with Crippen LogP contribution in [0.1, 0.15) is 34.3 Å². The van der Waals surface area contributed by atoms with E-state index in [2.05, 4.69) is 16.0 Å². The third-order valence-electron chi connectivity index (χ3n) is 4.04. The van der Waals surface area contributed by atoms with Crippen LogP contribution in [-0.2, 0) is 0 Å². The standard InChI is InChI=1S/C18H21N3O2/c1-13-9-14(2)11-15(10-13)18(22)21-7-4-16(5-8-21)23-17-3-6-19-12-20-17/h3,6,9-12,16H,4-5,7-8H2,1-2H3. The first-order chi connectivity index (χ1) is 11.1. The first-order valence-corrected chi connectivity index (χ1v) is 7.92. The molecule has 0 radical (unpaired) electrons. The smallest absolute Gasteiger partial charge is 0.253 e. The summed E-state index contributed by atoms with van der Waals surface area (Å²) in [6, 6.07) is 7.75. The third-order valence-corrected chi connectivity index (χ3v) is 4.04. The number of ether oxygens (including phenoxy) is 1. The van der Waals surface area contributed by atoms with Crippen molar-refractivity contribution >= 4 is 5.91 Å². The Morgan fingerprint density at radius 3 is 2.48 bits per heavy atom. The Labute approximate surface area is 136 Å². The van der Waals surface area contributed by atoms with E-state index >= 15 is 0 Å². The molecule has 5 nitrogen and oxygen atoms in total. The zero-order valence-electron chi connectivity index (χ0n) is 13.5. The second kappa shape index (κ2) is 6.77. The molecule has 3 rings (SSSR count). The van der Waals surface area contributed by atoms with Crippen LogP contribution in [0.15, 0.2) is 36.8 Å². The molecule has 0 saturated carbocycles. The van der Waals surface area contributed by atoms with E-state index in [1.54, 1.807) is 12.3 Å². The first kappa shape index (κ1) is 15.5. The average Bonchev–Trinajstić information content (AvgIpc) is 2.55. The molecule has 1 fully saturated rings. The molecule has 1 aromatic carbocycles. The number of benzene rings is 1. The van der Waals surface area contributed by atoms with Crippen LogP contribution in [0, 0.1) is 13.8 Å². The van der Waals surface area contributed by atoms with Crippen LogP contribution >= 0.6 is 0 Å². The largest absolute Gasteiger partial charge is 0.474 e. The number of carbonyl (C=O) groups excluding carboxylic acids is 1. The molecule has 1 saturated heterocycles. The number of piperidine rings is 1. The van der Waals surface area contributed by atoms with E-state index in [0.29, 0.717) is 19.0 Å². The van der Waals surface area contributed by atoms with Crippen molar-refractivity contribution < 1.29 is 9.53 Å². The fourth-order valence-corrected chi connectivity index (χ4v) is 2.98. The highest BCUT2D eigenvalue weighted by atomic mass is 16.5. The molecule has 1 aliphatic rings. The van der Waals surface area contributed by atoms with Crippen molar-refractivity contribution in [1.29, 1.82) is 0 Å². The minimum Gasteiger partial charge on any atom is -0.474 e. The fraction of sp³-hybridized carbons (Fsp3) is 0.389. The molecule has 0 aliphatic carbocycles. The molecule has 0 atom stereocenters. The molecule has 2 aromatic rings. The van der Waals surface area contributed by atoms with Gasteiger partial charge in [0.25, 0.3) is 5.91 Å². The summed E-state index contributed by atoms with van der Waals surface area (Å²) in [5.41, 5.74) is 3.02. The molecule has 1 aliphatic heterocycles. The van der Waals surface area contributed by atoms with Crippen LogP contribution in [0.25, 0.3) is 0 Å². The van der Waals surface area contributed by atoms with E-state index in [0.717, 1.165) is 29.5 Å². The SMILES string of the molecule is Cc1cc(C)cc(C(=O)N2CCC(Oc3ccncn3)CC2)c1. The van der Waals surface area contributed by atoms with Gasteiger partial charge in [0.1, 0.15) is 12.4 Å². The van der Waals surface area contributed by atoms with Gasteiger partial charge in [-0.2, -0.15) is 0 Å². The second-order valence-electron chi connectivity index (χ2n) is 6.03. The van der Waals surface area contributed by atoms with Crippen molar-refractivity contribution in [2.45, 2.75) is 32.8 Å². The van der Waals surface area contributed by atoms with Gasteiger partial charge in [0.15, 0.2) is 0 Å². The monoisotopic (exact) mass is 311 g/mol. The van der Waals surface area contributed by atoms with Crippen molar-refractivity contribution in [3.63, 3.8) is 0 Å². The van der Waals surface area contributed by atoms with Crippen LogP contribution < -0.4 is 4.74 Å². The van der Waals surface area contributed by atoms with E-state index in [9.17, 15) is 4.79 Å². The maximum Gasteiger partial charge on any atom is 0.253 e. The van der Waals surface area contributed by atoms with Gasteiger partial charge in [-0.3, -0.25) is 4.79 Å². The molecule has 2 heterocycles. The molecule has 0 N–H and O–H groups in total. The third kappa shape index (κ3) is 3.86. The van der Waals surface area contributed by atoms with Crippen molar-refractivity contribution in [2.24, 2.45) is 0 Å². The number of aromatic nitrogens is 2. The van der Waals surface area contributed by atoms with Gasteiger partial charge in [-0.05, 0) is 26.0 Å². The second-order valence-corrected chi connectivity index (χ2v) is 6.03. The Morgan fingerprint density at radius 1 is 1.17 bits per heavy atom. The average molecular weight is 311 g/mol. The zero-order valence-corrected chi connectivity index (χ0v) is 13.5. The molecule has 0 spiro atoms. The lowest BCUT2D eigenvalue weighted by atomic mass is 10.0. The Kier molecular flexibility index (Phi) is 4.55. The quantitative estimate of drug-likeness (QED) is 0.874. The van der Waals surface area contributed by atoms with Crippen LogP contribution in [0.2, 0.25) is 0 Å². The van der Waals surface area contributed by atoms with Crippen LogP contribution in [-0.4, -0.2) is 40.0 Å². The molecule has 1 amide bonds. The molecule has 120 valence electrons. The molecular formula is C18H21N3O2. The number of aryl methyl sites for hydroxylation is 2. The Bertz CT molecular complexity index is 660. The lowest BCUT2D eigenvalue weighted by molar-refractivity contribution is 0.0587. The normalized spacial score (nSPS) is 15.5. The molecular weight excluding hydrogens is 290 g/mol. The highest BCUT2D eigenvalue weighted by molar-refractivity contribution is 5.94. The van der Waals surface area contributed by atoms with E-state index < -0.39 is 0 Å². The predicted octanol–water partition coefficient (Wildman–Crippen LogP) is 2.78. The first-order valence-electron chi connectivity index (χ1n) is 7.92. The van der Waals surface area contributed by atoms with Gasteiger partial charge in [0, 0.05) is 43.8 Å². The summed E-state index contributed by atoms with van der Waals surface area (Å²) >= 11 is 0. The van der Waals surface area contributed by atoms with Crippen molar-refractivity contribution in [3.8, 4) is 5.88 Å². The summed E-state index contributed by atoms with van der Waals surface area (Å²) in [5.74, 6) is 0.705. The highest BCUT2D eigenvalue weighted by Crippen LogP contribution is 2.19. The summed E-state index contributed by atoms with van der Waals surface area (Å²) in [4.78, 5) is 22.5. The van der Waals surface area contributed by atoms with Crippen LogP contribution in [0.4, 0.5) is 0 Å². The van der Waals surface area contributed by atoms with E-state index in [1.807, 2.05) is 30.9 Å². The maximum atomic E-state index is 12.6. The summed E-state index contributed by atoms with van der Waals surface area (Å²) in [7, 11) is 0. The number of carbonyl (C=O) groups is 1. The van der Waals surface area contributed by atoms with Crippen molar-refractivity contribution in [3.05, 3.63) is 53.5 Å². The highest BCUT2D eigenvalue weighted by Gasteiger charge is 2.25. The Balaban J connectivity index is 1.59.